The fraction of sp³-hybridized carbons (Fsp3) is 0.320. The van der Waals surface area contributed by atoms with E-state index in [-0.39, 0.29) is 5.91 Å². The number of hydrogen-bond donors (Lipinski definition) is 1. The van der Waals surface area contributed by atoms with Gasteiger partial charge in [0.25, 0.3) is 0 Å². The van der Waals surface area contributed by atoms with Crippen molar-refractivity contribution < 1.29 is 9.53 Å². The van der Waals surface area contributed by atoms with Crippen molar-refractivity contribution in [2.75, 3.05) is 43.5 Å². The van der Waals surface area contributed by atoms with Gasteiger partial charge in [-0.05, 0) is 50.0 Å². The largest absolute Gasteiger partial charge is 0.494 e. The number of ether oxygens (including phenoxy) is 1. The number of carbonyl (C=O) groups excluding carboxylic acids is 1. The molecular weight excluding hydrogens is 402 g/mol. The molecule has 5 rings (SSSR count). The van der Waals surface area contributed by atoms with Gasteiger partial charge in [-0.3, -0.25) is 9.69 Å². The molecule has 0 radical (unpaired) electrons. The molecule has 7 heteroatoms. The number of carbonyl (C=O) groups is 1. The first-order chi connectivity index (χ1) is 15.7. The predicted molar refractivity (Wildman–Crippen MR) is 127 cm³/mol. The van der Waals surface area contributed by atoms with Crippen LogP contribution in [0.4, 0.5) is 17.2 Å². The Labute approximate surface area is 187 Å². The Morgan fingerprint density at radius 1 is 1.16 bits per heavy atom. The van der Waals surface area contributed by atoms with Crippen molar-refractivity contribution in [1.82, 2.24) is 14.9 Å². The van der Waals surface area contributed by atoms with Crippen molar-refractivity contribution >= 4 is 34.0 Å². The van der Waals surface area contributed by atoms with Gasteiger partial charge in [0.05, 0.1) is 18.3 Å². The molecule has 3 aromatic rings. The number of likely N-dealkylation sites (tertiary alicyclic amines) is 1. The summed E-state index contributed by atoms with van der Waals surface area (Å²) >= 11 is 0. The van der Waals surface area contributed by atoms with Gasteiger partial charge >= 0.3 is 0 Å². The van der Waals surface area contributed by atoms with Crippen LogP contribution in [0.25, 0.3) is 10.9 Å². The number of anilines is 3. The van der Waals surface area contributed by atoms with Crippen LogP contribution < -0.4 is 15.0 Å². The van der Waals surface area contributed by atoms with Crippen LogP contribution in [0, 0.1) is 0 Å². The standard InChI is InChI=1S/C25H27N5O2/c1-32-23-16-20-19(15-21(23)28-24(31)9-6-13-29-11-4-5-12-29)25(27-17-26-20)30-14-10-18-7-2-3-8-22(18)30/h2-3,6-9,15-17H,4-5,10-14H2,1H3,(H,28,31)/b9-6+. The summed E-state index contributed by atoms with van der Waals surface area (Å²) in [6.45, 7) is 3.87. The molecule has 1 amide bonds. The van der Waals surface area contributed by atoms with Gasteiger partial charge in [-0.2, -0.15) is 0 Å². The highest BCUT2D eigenvalue weighted by molar-refractivity contribution is 6.03. The fourth-order valence-corrected chi connectivity index (χ4v) is 4.56. The second kappa shape index (κ2) is 8.96. The topological polar surface area (TPSA) is 70.6 Å². The summed E-state index contributed by atoms with van der Waals surface area (Å²) in [5.74, 6) is 1.24. The molecule has 3 heterocycles. The summed E-state index contributed by atoms with van der Waals surface area (Å²) in [4.78, 5) is 26.2. The molecule has 0 aliphatic carbocycles. The lowest BCUT2D eigenvalue weighted by Crippen LogP contribution is -2.19. The van der Waals surface area contributed by atoms with Crippen molar-refractivity contribution in [3.63, 3.8) is 0 Å². The summed E-state index contributed by atoms with van der Waals surface area (Å²) in [7, 11) is 1.60. The van der Waals surface area contributed by atoms with Crippen LogP contribution in [-0.4, -0.2) is 54.1 Å². The molecule has 2 aliphatic rings. The van der Waals surface area contributed by atoms with E-state index in [9.17, 15) is 4.79 Å². The molecule has 32 heavy (non-hydrogen) atoms. The molecule has 1 saturated heterocycles. The average Bonchev–Trinajstić information content (AvgIpc) is 3.48. The minimum atomic E-state index is -0.174. The van der Waals surface area contributed by atoms with E-state index in [1.54, 1.807) is 19.5 Å². The van der Waals surface area contributed by atoms with Gasteiger partial charge < -0.3 is 15.0 Å². The van der Waals surface area contributed by atoms with Crippen LogP contribution in [-0.2, 0) is 11.2 Å². The van der Waals surface area contributed by atoms with Gasteiger partial charge in [0.15, 0.2) is 0 Å². The Balaban J connectivity index is 1.43. The third-order valence-corrected chi connectivity index (χ3v) is 6.17. The third-order valence-electron chi connectivity index (χ3n) is 6.17. The Bertz CT molecular complexity index is 1170. The van der Waals surface area contributed by atoms with E-state index in [1.165, 1.54) is 24.1 Å². The van der Waals surface area contributed by atoms with Gasteiger partial charge in [0.2, 0.25) is 5.91 Å². The highest BCUT2D eigenvalue weighted by Crippen LogP contribution is 2.39. The summed E-state index contributed by atoms with van der Waals surface area (Å²) < 4.78 is 5.54. The lowest BCUT2D eigenvalue weighted by Gasteiger charge is -2.20. The van der Waals surface area contributed by atoms with Crippen LogP contribution in [0.15, 0.2) is 54.9 Å². The highest BCUT2D eigenvalue weighted by Gasteiger charge is 2.23. The Morgan fingerprint density at radius 3 is 2.84 bits per heavy atom. The maximum atomic E-state index is 12.6. The van der Waals surface area contributed by atoms with E-state index in [0.717, 1.165) is 49.3 Å². The van der Waals surface area contributed by atoms with Crippen molar-refractivity contribution in [1.29, 1.82) is 0 Å². The first-order valence-corrected chi connectivity index (χ1v) is 11.1. The molecule has 0 bridgehead atoms. The molecule has 2 aromatic carbocycles. The van der Waals surface area contributed by atoms with E-state index in [0.29, 0.717) is 11.4 Å². The van der Waals surface area contributed by atoms with Gasteiger partial charge in [-0.25, -0.2) is 9.97 Å². The predicted octanol–water partition coefficient (Wildman–Crippen LogP) is 3.92. The molecule has 0 spiro atoms. The Morgan fingerprint density at radius 2 is 2.00 bits per heavy atom. The quantitative estimate of drug-likeness (QED) is 0.599. The molecule has 0 saturated carbocycles. The van der Waals surface area contributed by atoms with E-state index in [2.05, 4.69) is 43.3 Å². The van der Waals surface area contributed by atoms with Gasteiger partial charge in [0, 0.05) is 36.3 Å². The van der Waals surface area contributed by atoms with Crippen LogP contribution in [0.1, 0.15) is 18.4 Å². The zero-order chi connectivity index (χ0) is 21.9. The van der Waals surface area contributed by atoms with Crippen molar-refractivity contribution in [3.05, 3.63) is 60.4 Å². The van der Waals surface area contributed by atoms with Gasteiger partial charge in [-0.15, -0.1) is 0 Å². The number of methoxy groups -OCH3 is 1. The SMILES string of the molecule is COc1cc2ncnc(N3CCc4ccccc43)c2cc1NC(=O)/C=C/CN1CCCC1. The second-order valence-electron chi connectivity index (χ2n) is 8.20. The number of fused-ring (bicyclic) bond motifs is 2. The van der Waals surface area contributed by atoms with Gasteiger partial charge in [0.1, 0.15) is 17.9 Å². The van der Waals surface area contributed by atoms with Gasteiger partial charge in [-0.1, -0.05) is 24.3 Å². The Kier molecular flexibility index (Phi) is 5.73. The monoisotopic (exact) mass is 429 g/mol. The van der Waals surface area contributed by atoms with E-state index in [4.69, 9.17) is 4.74 Å². The number of hydrogen-bond acceptors (Lipinski definition) is 6. The zero-order valence-corrected chi connectivity index (χ0v) is 18.3. The summed E-state index contributed by atoms with van der Waals surface area (Å²) in [5, 5.41) is 3.85. The molecule has 164 valence electrons. The highest BCUT2D eigenvalue weighted by atomic mass is 16.5. The van der Waals surface area contributed by atoms with Crippen molar-refractivity contribution in [2.45, 2.75) is 19.3 Å². The normalized spacial score (nSPS) is 16.1. The Hall–Kier alpha value is -3.45. The second-order valence-corrected chi connectivity index (χ2v) is 8.20. The number of para-hydroxylation sites is 1. The maximum absolute atomic E-state index is 12.6. The molecule has 1 aromatic heterocycles. The van der Waals surface area contributed by atoms with Crippen molar-refractivity contribution in [2.24, 2.45) is 0 Å². The van der Waals surface area contributed by atoms with E-state index in [1.807, 2.05) is 24.3 Å². The summed E-state index contributed by atoms with van der Waals surface area (Å²) in [6.07, 6.45) is 8.55. The molecule has 2 aliphatic heterocycles. The first-order valence-electron chi connectivity index (χ1n) is 11.1. The zero-order valence-electron chi connectivity index (χ0n) is 18.3. The molecule has 0 atom stereocenters. The molecule has 1 fully saturated rings. The number of amides is 1. The van der Waals surface area contributed by atoms with Crippen LogP contribution >= 0.6 is 0 Å². The van der Waals surface area contributed by atoms with Crippen LogP contribution in [0.2, 0.25) is 0 Å². The molecular formula is C25H27N5O2. The van der Waals surface area contributed by atoms with Crippen LogP contribution in [0.3, 0.4) is 0 Å². The smallest absolute Gasteiger partial charge is 0.248 e. The van der Waals surface area contributed by atoms with Crippen LogP contribution in [0.5, 0.6) is 5.75 Å². The summed E-state index contributed by atoms with van der Waals surface area (Å²) in [5.41, 5.74) is 3.86. The van der Waals surface area contributed by atoms with E-state index < -0.39 is 0 Å². The third kappa shape index (κ3) is 4.03. The number of nitrogens with one attached hydrogen (secondary N) is 1. The number of aromatic nitrogens is 2. The summed E-state index contributed by atoms with van der Waals surface area (Å²) in [6, 6.07) is 12.2. The first kappa shape index (κ1) is 20.5. The minimum Gasteiger partial charge on any atom is -0.494 e. The lowest BCUT2D eigenvalue weighted by molar-refractivity contribution is -0.111. The number of benzene rings is 2. The molecule has 0 unspecified atom stereocenters. The average molecular weight is 430 g/mol. The number of nitrogens with zero attached hydrogens (tertiary/aromatic N) is 4. The fourth-order valence-electron chi connectivity index (χ4n) is 4.56. The number of rotatable bonds is 6. The van der Waals surface area contributed by atoms with Crippen molar-refractivity contribution in [3.8, 4) is 5.75 Å². The maximum Gasteiger partial charge on any atom is 0.248 e. The molecule has 7 nitrogen and oxygen atoms in total. The van der Waals surface area contributed by atoms with E-state index >= 15 is 0 Å². The lowest BCUT2D eigenvalue weighted by atomic mass is 10.1. The molecule has 1 N–H and O–H groups in total. The minimum absolute atomic E-state index is 0.174.